The maximum Gasteiger partial charge on any atom is 0.338 e. The van der Waals surface area contributed by atoms with Crippen LogP contribution in [0, 0.1) is 0 Å². The van der Waals surface area contributed by atoms with Crippen molar-refractivity contribution >= 4 is 17.6 Å². The highest BCUT2D eigenvalue weighted by molar-refractivity contribution is 6.30. The zero-order valence-corrected chi connectivity index (χ0v) is 14.0. The first-order valence-corrected chi connectivity index (χ1v) is 7.82. The van der Waals surface area contributed by atoms with Gasteiger partial charge in [0.05, 0.1) is 18.8 Å². The summed E-state index contributed by atoms with van der Waals surface area (Å²) in [4.78, 5) is 12.3. The van der Waals surface area contributed by atoms with Crippen LogP contribution in [-0.2, 0) is 34.0 Å². The molecule has 0 N–H and O–H groups in total. The fourth-order valence-electron chi connectivity index (χ4n) is 2.55. The Morgan fingerprint density at radius 3 is 2.96 bits per heavy atom. The number of methoxy groups -OCH3 is 1. The monoisotopic (exact) mass is 348 g/mol. The zero-order chi connectivity index (χ0) is 16.9. The molecule has 0 bridgehead atoms. The van der Waals surface area contributed by atoms with Crippen LogP contribution in [0.3, 0.4) is 0 Å². The van der Waals surface area contributed by atoms with E-state index in [0.717, 1.165) is 16.7 Å². The lowest BCUT2D eigenvalue weighted by Gasteiger charge is -2.21. The lowest BCUT2D eigenvalue weighted by atomic mass is 10.1. The molecule has 0 aliphatic carbocycles. The summed E-state index contributed by atoms with van der Waals surface area (Å²) in [5.41, 5.74) is 2.96. The first-order valence-electron chi connectivity index (χ1n) is 7.44. The number of esters is 1. The normalized spacial score (nSPS) is 13.1. The van der Waals surface area contributed by atoms with Crippen LogP contribution in [0.2, 0.25) is 5.02 Å². The third-order valence-electron chi connectivity index (χ3n) is 3.58. The second kappa shape index (κ2) is 7.66. The van der Waals surface area contributed by atoms with E-state index in [0.29, 0.717) is 29.5 Å². The predicted molar refractivity (Wildman–Crippen MR) is 88.0 cm³/mol. The van der Waals surface area contributed by atoms with Gasteiger partial charge in [0.2, 0.25) is 0 Å². The SMILES string of the molecule is COCc1cccc(C(=O)OCc2cc(Cl)cc3c2OCOC3)c1. The molecular formula is C18H17ClO5. The van der Waals surface area contributed by atoms with E-state index in [1.54, 1.807) is 37.4 Å². The molecule has 2 aromatic rings. The second-order valence-electron chi connectivity index (χ2n) is 5.37. The van der Waals surface area contributed by atoms with Crippen molar-refractivity contribution in [1.29, 1.82) is 0 Å². The Kier molecular flexibility index (Phi) is 5.35. The molecule has 126 valence electrons. The van der Waals surface area contributed by atoms with E-state index in [2.05, 4.69) is 0 Å². The number of carbonyl (C=O) groups is 1. The Morgan fingerprint density at radius 1 is 1.25 bits per heavy atom. The highest BCUT2D eigenvalue weighted by Crippen LogP contribution is 2.32. The Bertz CT molecular complexity index is 744. The molecule has 1 heterocycles. The van der Waals surface area contributed by atoms with Crippen LogP contribution in [0.5, 0.6) is 5.75 Å². The fourth-order valence-corrected chi connectivity index (χ4v) is 2.81. The number of fused-ring (bicyclic) bond motifs is 1. The van der Waals surface area contributed by atoms with Gasteiger partial charge in [0.15, 0.2) is 6.79 Å². The molecule has 0 fully saturated rings. The van der Waals surface area contributed by atoms with Crippen molar-refractivity contribution in [2.24, 2.45) is 0 Å². The maximum absolute atomic E-state index is 12.3. The molecule has 1 aliphatic rings. The third-order valence-corrected chi connectivity index (χ3v) is 3.80. The van der Waals surface area contributed by atoms with Gasteiger partial charge in [-0.05, 0) is 29.8 Å². The van der Waals surface area contributed by atoms with Crippen LogP contribution in [0.25, 0.3) is 0 Å². The molecule has 1 aliphatic heterocycles. The van der Waals surface area contributed by atoms with Crippen molar-refractivity contribution in [3.05, 3.63) is 63.7 Å². The summed E-state index contributed by atoms with van der Waals surface area (Å²) in [6.45, 7) is 1.12. The molecule has 0 radical (unpaired) electrons. The minimum Gasteiger partial charge on any atom is -0.467 e. The van der Waals surface area contributed by atoms with Gasteiger partial charge in [-0.1, -0.05) is 23.7 Å². The summed E-state index contributed by atoms with van der Waals surface area (Å²) < 4.78 is 21.2. The van der Waals surface area contributed by atoms with Crippen molar-refractivity contribution in [3.8, 4) is 5.75 Å². The lowest BCUT2D eigenvalue weighted by Crippen LogP contribution is -2.14. The van der Waals surface area contributed by atoms with Crippen LogP contribution in [-0.4, -0.2) is 19.9 Å². The van der Waals surface area contributed by atoms with Crippen LogP contribution in [0.4, 0.5) is 0 Å². The van der Waals surface area contributed by atoms with Gasteiger partial charge in [0.25, 0.3) is 0 Å². The van der Waals surface area contributed by atoms with E-state index in [-0.39, 0.29) is 13.4 Å². The minimum atomic E-state index is -0.409. The fraction of sp³-hybridized carbons (Fsp3) is 0.278. The number of hydrogen-bond donors (Lipinski definition) is 0. The Balaban J connectivity index is 1.73. The van der Waals surface area contributed by atoms with E-state index < -0.39 is 5.97 Å². The molecule has 0 spiro atoms. The highest BCUT2D eigenvalue weighted by atomic mass is 35.5. The number of benzene rings is 2. The van der Waals surface area contributed by atoms with Crippen LogP contribution in [0.1, 0.15) is 27.0 Å². The predicted octanol–water partition coefficient (Wildman–Crippen LogP) is 3.71. The molecule has 0 saturated heterocycles. The van der Waals surface area contributed by atoms with Gasteiger partial charge < -0.3 is 18.9 Å². The van der Waals surface area contributed by atoms with E-state index >= 15 is 0 Å². The molecule has 2 aromatic carbocycles. The molecular weight excluding hydrogens is 332 g/mol. The van der Waals surface area contributed by atoms with Gasteiger partial charge in [0.1, 0.15) is 12.4 Å². The highest BCUT2D eigenvalue weighted by Gasteiger charge is 2.18. The molecule has 0 saturated carbocycles. The van der Waals surface area contributed by atoms with Gasteiger partial charge >= 0.3 is 5.97 Å². The molecule has 0 aromatic heterocycles. The van der Waals surface area contributed by atoms with Crippen molar-refractivity contribution in [1.82, 2.24) is 0 Å². The average Bonchev–Trinajstić information content (AvgIpc) is 2.59. The van der Waals surface area contributed by atoms with Crippen LogP contribution in [0.15, 0.2) is 36.4 Å². The lowest BCUT2D eigenvalue weighted by molar-refractivity contribution is -0.0180. The van der Waals surface area contributed by atoms with E-state index in [9.17, 15) is 4.79 Å². The first kappa shape index (κ1) is 16.8. The quantitative estimate of drug-likeness (QED) is 0.771. The zero-order valence-electron chi connectivity index (χ0n) is 13.2. The molecule has 5 nitrogen and oxygen atoms in total. The number of rotatable bonds is 5. The smallest absolute Gasteiger partial charge is 0.338 e. The van der Waals surface area contributed by atoms with E-state index in [1.807, 2.05) is 6.07 Å². The Hall–Kier alpha value is -2.08. The molecule has 3 rings (SSSR count). The number of ether oxygens (including phenoxy) is 4. The number of carbonyl (C=O) groups excluding carboxylic acids is 1. The van der Waals surface area contributed by atoms with Gasteiger partial charge in [-0.25, -0.2) is 4.79 Å². The summed E-state index contributed by atoms with van der Waals surface area (Å²) >= 11 is 6.10. The maximum atomic E-state index is 12.3. The van der Waals surface area contributed by atoms with Crippen LogP contribution < -0.4 is 4.74 Å². The average molecular weight is 349 g/mol. The largest absolute Gasteiger partial charge is 0.467 e. The summed E-state index contributed by atoms with van der Waals surface area (Å²) in [5, 5.41) is 0.552. The Labute approximate surface area is 145 Å². The first-order chi connectivity index (χ1) is 11.7. The molecule has 0 amide bonds. The topological polar surface area (TPSA) is 54.0 Å². The van der Waals surface area contributed by atoms with Gasteiger partial charge in [-0.15, -0.1) is 0 Å². The number of hydrogen-bond acceptors (Lipinski definition) is 5. The van der Waals surface area contributed by atoms with Crippen LogP contribution >= 0.6 is 11.6 Å². The van der Waals surface area contributed by atoms with Gasteiger partial charge in [0, 0.05) is 23.3 Å². The van der Waals surface area contributed by atoms with E-state index in [4.69, 9.17) is 30.5 Å². The number of halogens is 1. The van der Waals surface area contributed by atoms with Gasteiger partial charge in [-0.3, -0.25) is 0 Å². The third kappa shape index (κ3) is 3.87. The Morgan fingerprint density at radius 2 is 2.12 bits per heavy atom. The summed E-state index contributed by atoms with van der Waals surface area (Å²) in [6.07, 6.45) is 0. The van der Waals surface area contributed by atoms with Crippen molar-refractivity contribution in [2.75, 3.05) is 13.9 Å². The van der Waals surface area contributed by atoms with E-state index in [1.165, 1.54) is 0 Å². The summed E-state index contributed by atoms with van der Waals surface area (Å²) in [5.74, 6) is 0.264. The molecule has 6 heteroatoms. The van der Waals surface area contributed by atoms with Crippen molar-refractivity contribution in [3.63, 3.8) is 0 Å². The summed E-state index contributed by atoms with van der Waals surface area (Å²) in [7, 11) is 1.61. The molecule has 0 unspecified atom stereocenters. The van der Waals surface area contributed by atoms with Crippen molar-refractivity contribution < 1.29 is 23.7 Å². The molecule has 0 atom stereocenters. The minimum absolute atomic E-state index is 0.0796. The van der Waals surface area contributed by atoms with Crippen molar-refractivity contribution in [2.45, 2.75) is 19.8 Å². The summed E-state index contributed by atoms with van der Waals surface area (Å²) in [6, 6.07) is 10.7. The second-order valence-corrected chi connectivity index (χ2v) is 5.81. The van der Waals surface area contributed by atoms with Gasteiger partial charge in [-0.2, -0.15) is 0 Å². The molecule has 24 heavy (non-hydrogen) atoms. The standard InChI is InChI=1S/C18H17ClO5/c1-21-8-12-3-2-4-13(5-12)18(20)23-10-15-7-16(19)6-14-9-22-11-24-17(14)15/h2-7H,8-11H2,1H3.